The predicted molar refractivity (Wildman–Crippen MR) is 153 cm³/mol. The van der Waals surface area contributed by atoms with Crippen LogP contribution in [0.15, 0.2) is 99.2 Å². The van der Waals surface area contributed by atoms with E-state index in [-0.39, 0.29) is 11.7 Å². The SMILES string of the molecule is O=C(CSc1nnc(-c2ccc(Br)cc2)n1-c1ccccc1)Nc1ncc(Cc2ccc(Br)cc2)s1. The molecule has 5 rings (SSSR count). The molecule has 0 atom stereocenters. The third-order valence-electron chi connectivity index (χ3n) is 5.17. The summed E-state index contributed by atoms with van der Waals surface area (Å²) in [7, 11) is 0. The van der Waals surface area contributed by atoms with Crippen molar-refractivity contribution in [1.82, 2.24) is 19.7 Å². The van der Waals surface area contributed by atoms with Crippen LogP contribution < -0.4 is 5.32 Å². The zero-order valence-electron chi connectivity index (χ0n) is 18.8. The van der Waals surface area contributed by atoms with Crippen molar-refractivity contribution in [3.63, 3.8) is 0 Å². The van der Waals surface area contributed by atoms with Gasteiger partial charge in [0, 0.05) is 37.7 Å². The minimum atomic E-state index is -0.141. The summed E-state index contributed by atoms with van der Waals surface area (Å²) < 4.78 is 4.01. The van der Waals surface area contributed by atoms with Gasteiger partial charge in [-0.1, -0.05) is 86.1 Å². The molecule has 2 heterocycles. The first-order valence-electron chi connectivity index (χ1n) is 10.9. The lowest BCUT2D eigenvalue weighted by molar-refractivity contribution is -0.113. The first-order chi connectivity index (χ1) is 17.5. The molecule has 0 fully saturated rings. The Hall–Kier alpha value is -2.79. The molecule has 0 bridgehead atoms. The van der Waals surface area contributed by atoms with Crippen LogP contribution in [0.1, 0.15) is 10.4 Å². The minimum Gasteiger partial charge on any atom is -0.301 e. The van der Waals surface area contributed by atoms with Gasteiger partial charge in [-0.15, -0.1) is 21.5 Å². The van der Waals surface area contributed by atoms with Crippen LogP contribution in [-0.4, -0.2) is 31.4 Å². The van der Waals surface area contributed by atoms with Gasteiger partial charge in [0.25, 0.3) is 0 Å². The maximum absolute atomic E-state index is 12.7. The molecule has 3 aromatic carbocycles. The zero-order chi connectivity index (χ0) is 24.9. The highest BCUT2D eigenvalue weighted by molar-refractivity contribution is 9.10. The van der Waals surface area contributed by atoms with Gasteiger partial charge >= 0.3 is 0 Å². The van der Waals surface area contributed by atoms with E-state index in [1.165, 1.54) is 28.7 Å². The lowest BCUT2D eigenvalue weighted by Gasteiger charge is -2.10. The summed E-state index contributed by atoms with van der Waals surface area (Å²) in [6.45, 7) is 0. The maximum Gasteiger partial charge on any atom is 0.236 e. The normalized spacial score (nSPS) is 10.9. The number of nitrogens with zero attached hydrogens (tertiary/aromatic N) is 4. The third kappa shape index (κ3) is 6.12. The minimum absolute atomic E-state index is 0.141. The topological polar surface area (TPSA) is 72.7 Å². The van der Waals surface area contributed by atoms with Crippen molar-refractivity contribution >= 4 is 66.0 Å². The Morgan fingerprint density at radius 2 is 1.61 bits per heavy atom. The monoisotopic (exact) mass is 639 g/mol. The van der Waals surface area contributed by atoms with Crippen LogP contribution in [0, 0.1) is 0 Å². The van der Waals surface area contributed by atoms with Crippen molar-refractivity contribution in [2.45, 2.75) is 11.6 Å². The number of carbonyl (C=O) groups is 1. The number of aromatic nitrogens is 4. The largest absolute Gasteiger partial charge is 0.301 e. The molecule has 180 valence electrons. The van der Waals surface area contributed by atoms with Gasteiger partial charge in [0.1, 0.15) is 0 Å². The van der Waals surface area contributed by atoms with E-state index in [0.717, 1.165) is 31.5 Å². The highest BCUT2D eigenvalue weighted by Gasteiger charge is 2.18. The molecule has 0 aliphatic rings. The summed E-state index contributed by atoms with van der Waals surface area (Å²) >= 11 is 9.76. The second kappa shape index (κ2) is 11.5. The fraction of sp³-hybridized carbons (Fsp3) is 0.0769. The summed E-state index contributed by atoms with van der Waals surface area (Å²) in [6, 6.07) is 26.0. The number of nitrogens with one attached hydrogen (secondary N) is 1. The van der Waals surface area contributed by atoms with Crippen LogP contribution in [0.2, 0.25) is 0 Å². The number of thiazole rings is 1. The first kappa shape index (κ1) is 24.9. The van der Waals surface area contributed by atoms with E-state index in [9.17, 15) is 4.79 Å². The number of benzene rings is 3. The van der Waals surface area contributed by atoms with Crippen molar-refractivity contribution in [2.75, 3.05) is 11.1 Å². The Balaban J connectivity index is 1.28. The fourth-order valence-corrected chi connectivity index (χ4v) is 5.64. The van der Waals surface area contributed by atoms with Crippen LogP contribution in [0.5, 0.6) is 0 Å². The van der Waals surface area contributed by atoms with Gasteiger partial charge in [-0.3, -0.25) is 9.36 Å². The van der Waals surface area contributed by atoms with E-state index >= 15 is 0 Å². The summed E-state index contributed by atoms with van der Waals surface area (Å²) in [5.74, 6) is 0.763. The Morgan fingerprint density at radius 1 is 0.917 bits per heavy atom. The number of carbonyl (C=O) groups excluding carboxylic acids is 1. The van der Waals surface area contributed by atoms with Crippen LogP contribution in [0.25, 0.3) is 17.1 Å². The van der Waals surface area contributed by atoms with Crippen LogP contribution in [-0.2, 0) is 11.2 Å². The smallest absolute Gasteiger partial charge is 0.236 e. The van der Waals surface area contributed by atoms with Crippen molar-refractivity contribution in [3.8, 4) is 17.1 Å². The molecule has 0 spiro atoms. The molecular weight excluding hydrogens is 622 g/mol. The quantitative estimate of drug-likeness (QED) is 0.181. The van der Waals surface area contributed by atoms with Crippen LogP contribution in [0.4, 0.5) is 5.13 Å². The Morgan fingerprint density at radius 3 is 2.33 bits per heavy atom. The van der Waals surface area contributed by atoms with Gasteiger partial charge in [0.15, 0.2) is 16.1 Å². The van der Waals surface area contributed by atoms with Gasteiger partial charge in [-0.2, -0.15) is 0 Å². The second-order valence-electron chi connectivity index (χ2n) is 7.76. The lowest BCUT2D eigenvalue weighted by Crippen LogP contribution is -2.14. The van der Waals surface area contributed by atoms with E-state index in [2.05, 4.69) is 64.5 Å². The van der Waals surface area contributed by atoms with Gasteiger partial charge in [-0.05, 0) is 42.0 Å². The summed E-state index contributed by atoms with van der Waals surface area (Å²) in [5, 5.41) is 13.0. The molecule has 2 aromatic heterocycles. The number of hydrogen-bond donors (Lipinski definition) is 1. The highest BCUT2D eigenvalue weighted by Crippen LogP contribution is 2.29. The van der Waals surface area contributed by atoms with Gasteiger partial charge < -0.3 is 5.32 Å². The molecule has 1 amide bonds. The fourth-order valence-electron chi connectivity index (χ4n) is 3.50. The molecule has 1 N–H and O–H groups in total. The molecule has 36 heavy (non-hydrogen) atoms. The van der Waals surface area contributed by atoms with Gasteiger partial charge in [0.05, 0.1) is 5.75 Å². The second-order valence-corrected chi connectivity index (χ2v) is 11.6. The van der Waals surface area contributed by atoms with E-state index in [4.69, 9.17) is 0 Å². The van der Waals surface area contributed by atoms with Crippen LogP contribution >= 0.6 is 55.0 Å². The number of para-hydroxylation sites is 1. The van der Waals surface area contributed by atoms with E-state index in [1.54, 1.807) is 0 Å². The first-order valence-corrected chi connectivity index (χ1v) is 14.3. The predicted octanol–water partition coefficient (Wildman–Crippen LogP) is 7.24. The molecule has 0 aliphatic heterocycles. The van der Waals surface area contributed by atoms with Crippen molar-refractivity contribution < 1.29 is 4.79 Å². The Kier molecular flexibility index (Phi) is 7.96. The maximum atomic E-state index is 12.7. The third-order valence-corrected chi connectivity index (χ3v) is 8.07. The standard InChI is InChI=1S/C26H19Br2N5OS2/c27-19-10-6-17(7-11-19)14-22-15-29-25(36-22)30-23(34)16-35-26-32-31-24(18-8-12-20(28)13-9-18)33(26)21-4-2-1-3-5-21/h1-13,15H,14,16H2,(H,29,30,34). The number of amides is 1. The average Bonchev–Trinajstić information content (AvgIpc) is 3.52. The van der Waals surface area contributed by atoms with Crippen molar-refractivity contribution in [3.05, 3.63) is 104 Å². The number of anilines is 1. The van der Waals surface area contributed by atoms with E-state index < -0.39 is 0 Å². The Labute approximate surface area is 233 Å². The molecule has 6 nitrogen and oxygen atoms in total. The van der Waals surface area contributed by atoms with Crippen molar-refractivity contribution in [2.24, 2.45) is 0 Å². The van der Waals surface area contributed by atoms with Gasteiger partial charge in [0.2, 0.25) is 5.91 Å². The number of halogens is 2. The average molecular weight is 641 g/mol. The van der Waals surface area contributed by atoms with E-state index in [0.29, 0.717) is 16.1 Å². The molecule has 0 radical (unpaired) electrons. The molecule has 5 aromatic rings. The molecule has 10 heteroatoms. The lowest BCUT2D eigenvalue weighted by atomic mass is 10.1. The number of rotatable bonds is 8. The van der Waals surface area contributed by atoms with E-state index in [1.807, 2.05) is 77.5 Å². The van der Waals surface area contributed by atoms with Crippen molar-refractivity contribution in [1.29, 1.82) is 0 Å². The van der Waals surface area contributed by atoms with Gasteiger partial charge in [-0.25, -0.2) is 4.98 Å². The molecule has 0 unspecified atom stereocenters. The molecule has 0 aliphatic carbocycles. The highest BCUT2D eigenvalue weighted by atomic mass is 79.9. The zero-order valence-corrected chi connectivity index (χ0v) is 23.6. The summed E-state index contributed by atoms with van der Waals surface area (Å²) in [5.41, 5.74) is 3.06. The summed E-state index contributed by atoms with van der Waals surface area (Å²) in [6.07, 6.45) is 2.58. The molecule has 0 saturated carbocycles. The summed E-state index contributed by atoms with van der Waals surface area (Å²) in [4.78, 5) is 18.2. The molecule has 0 saturated heterocycles. The Bertz CT molecular complexity index is 1470. The number of hydrogen-bond acceptors (Lipinski definition) is 6. The van der Waals surface area contributed by atoms with Crippen LogP contribution in [0.3, 0.4) is 0 Å². The molecular formula is C26H19Br2N5OS2. The number of thioether (sulfide) groups is 1.